The molecule has 0 bridgehead atoms. The zero-order valence-corrected chi connectivity index (χ0v) is 14.0. The predicted molar refractivity (Wildman–Crippen MR) is 86.7 cm³/mol. The van der Waals surface area contributed by atoms with Crippen molar-refractivity contribution in [2.75, 3.05) is 11.4 Å². The van der Waals surface area contributed by atoms with Gasteiger partial charge in [0.15, 0.2) is 5.13 Å². The summed E-state index contributed by atoms with van der Waals surface area (Å²) in [6.07, 6.45) is 3.98. The van der Waals surface area contributed by atoms with Gasteiger partial charge in [-0.25, -0.2) is 4.98 Å². The molecule has 1 N–H and O–H groups in total. The van der Waals surface area contributed by atoms with Crippen LogP contribution < -0.4 is 10.2 Å². The lowest BCUT2D eigenvalue weighted by molar-refractivity contribution is 0.590. The fourth-order valence-electron chi connectivity index (χ4n) is 3.14. The van der Waals surface area contributed by atoms with Crippen molar-refractivity contribution < 1.29 is 0 Å². The number of anilines is 1. The van der Waals surface area contributed by atoms with Crippen molar-refractivity contribution in [2.24, 2.45) is 5.92 Å². The minimum absolute atomic E-state index is 0.540. The zero-order chi connectivity index (χ0) is 14.3. The molecule has 2 atom stereocenters. The lowest BCUT2D eigenvalue weighted by atomic mass is 10.1. The highest BCUT2D eigenvalue weighted by Gasteiger charge is 2.33. The Morgan fingerprint density at radius 3 is 2.65 bits per heavy atom. The molecule has 0 radical (unpaired) electrons. The maximum atomic E-state index is 5.02. The van der Waals surface area contributed by atoms with Gasteiger partial charge in [-0.3, -0.25) is 0 Å². The quantitative estimate of drug-likeness (QED) is 0.896. The summed E-state index contributed by atoms with van der Waals surface area (Å²) >= 11 is 1.93. The van der Waals surface area contributed by atoms with E-state index in [1.165, 1.54) is 41.5 Å². The van der Waals surface area contributed by atoms with Crippen molar-refractivity contribution in [3.8, 4) is 0 Å². The van der Waals surface area contributed by atoms with Crippen molar-refractivity contribution in [1.82, 2.24) is 10.3 Å². The molecule has 1 aliphatic carbocycles. The van der Waals surface area contributed by atoms with Gasteiger partial charge in [0.2, 0.25) is 0 Å². The summed E-state index contributed by atoms with van der Waals surface area (Å²) in [5.74, 6) is 1.55. The molecule has 2 aliphatic rings. The second kappa shape index (κ2) is 5.64. The zero-order valence-electron chi connectivity index (χ0n) is 13.1. The van der Waals surface area contributed by atoms with Gasteiger partial charge in [-0.2, -0.15) is 0 Å². The van der Waals surface area contributed by atoms with Crippen LogP contribution in [0.2, 0.25) is 0 Å². The molecule has 4 heteroatoms. The van der Waals surface area contributed by atoms with E-state index in [4.69, 9.17) is 4.98 Å². The van der Waals surface area contributed by atoms with Gasteiger partial charge in [-0.05, 0) is 32.1 Å². The summed E-state index contributed by atoms with van der Waals surface area (Å²) in [6.45, 7) is 11.3. The van der Waals surface area contributed by atoms with Crippen molar-refractivity contribution >= 4 is 16.5 Å². The minimum atomic E-state index is 0.540. The smallest absolute Gasteiger partial charge is 0.186 e. The van der Waals surface area contributed by atoms with E-state index < -0.39 is 0 Å². The summed E-state index contributed by atoms with van der Waals surface area (Å²) in [6, 6.07) is 1.19. The van der Waals surface area contributed by atoms with Crippen LogP contribution in [0.5, 0.6) is 0 Å². The van der Waals surface area contributed by atoms with Crippen LogP contribution in [0.15, 0.2) is 0 Å². The fraction of sp³-hybridized carbons (Fsp3) is 0.812. The van der Waals surface area contributed by atoms with Gasteiger partial charge < -0.3 is 10.2 Å². The first kappa shape index (κ1) is 14.3. The fourth-order valence-corrected chi connectivity index (χ4v) is 4.35. The Labute approximate surface area is 126 Å². The van der Waals surface area contributed by atoms with Gasteiger partial charge in [-0.1, -0.05) is 20.8 Å². The van der Waals surface area contributed by atoms with Crippen LogP contribution in [0, 0.1) is 5.92 Å². The second-order valence-electron chi connectivity index (χ2n) is 6.96. The molecule has 0 amide bonds. The average Bonchev–Trinajstić information content (AvgIpc) is 3.05. The third kappa shape index (κ3) is 3.01. The maximum absolute atomic E-state index is 5.02. The number of aromatic nitrogens is 1. The molecule has 1 saturated carbocycles. The third-order valence-electron chi connectivity index (χ3n) is 4.38. The Hall–Kier alpha value is -0.610. The lowest BCUT2D eigenvalue weighted by Gasteiger charge is -2.20. The molecule has 0 spiro atoms. The SMILES string of the molecule is CC1CC(C)N(c2nc(C3CC3)c(CNC(C)C)s2)C1. The molecule has 1 aromatic heterocycles. The molecule has 1 saturated heterocycles. The second-order valence-corrected chi connectivity index (χ2v) is 8.02. The van der Waals surface area contributed by atoms with Gasteiger partial charge in [0.1, 0.15) is 0 Å². The number of hydrogen-bond acceptors (Lipinski definition) is 4. The predicted octanol–water partition coefficient (Wildman–Crippen LogP) is 3.75. The van der Waals surface area contributed by atoms with Crippen LogP contribution in [0.3, 0.4) is 0 Å². The van der Waals surface area contributed by atoms with Crippen molar-refractivity contribution in [1.29, 1.82) is 0 Å². The molecule has 2 fully saturated rings. The van der Waals surface area contributed by atoms with E-state index in [1.807, 2.05) is 11.3 Å². The number of thiazole rings is 1. The molecular weight excluding hydrogens is 266 g/mol. The van der Waals surface area contributed by atoms with Crippen molar-refractivity contribution in [3.05, 3.63) is 10.6 Å². The van der Waals surface area contributed by atoms with Gasteiger partial charge in [0.05, 0.1) is 5.69 Å². The molecule has 2 heterocycles. The molecule has 3 rings (SSSR count). The van der Waals surface area contributed by atoms with E-state index in [9.17, 15) is 0 Å². The topological polar surface area (TPSA) is 28.2 Å². The van der Waals surface area contributed by atoms with Crippen LogP contribution >= 0.6 is 11.3 Å². The summed E-state index contributed by atoms with van der Waals surface area (Å²) in [5, 5.41) is 4.83. The first-order valence-electron chi connectivity index (χ1n) is 8.04. The Morgan fingerprint density at radius 2 is 2.10 bits per heavy atom. The first-order chi connectivity index (χ1) is 9.54. The summed E-state index contributed by atoms with van der Waals surface area (Å²) in [7, 11) is 0. The molecule has 3 nitrogen and oxygen atoms in total. The molecular formula is C16H27N3S. The number of nitrogens with zero attached hydrogens (tertiary/aromatic N) is 2. The van der Waals surface area contributed by atoms with Gasteiger partial charge in [-0.15, -0.1) is 11.3 Å². The molecule has 0 aromatic carbocycles. The van der Waals surface area contributed by atoms with Gasteiger partial charge in [0, 0.05) is 36.0 Å². The van der Waals surface area contributed by atoms with E-state index in [-0.39, 0.29) is 0 Å². The normalized spacial score (nSPS) is 26.8. The number of rotatable bonds is 5. The Morgan fingerprint density at radius 1 is 1.35 bits per heavy atom. The summed E-state index contributed by atoms with van der Waals surface area (Å²) < 4.78 is 0. The maximum Gasteiger partial charge on any atom is 0.186 e. The molecule has 20 heavy (non-hydrogen) atoms. The molecule has 112 valence electrons. The Bertz CT molecular complexity index is 464. The van der Waals surface area contributed by atoms with E-state index in [2.05, 4.69) is 37.9 Å². The average molecular weight is 293 g/mol. The van der Waals surface area contributed by atoms with Crippen LogP contribution in [0.1, 0.15) is 63.4 Å². The first-order valence-corrected chi connectivity index (χ1v) is 8.86. The van der Waals surface area contributed by atoms with Crippen LogP contribution in [0.25, 0.3) is 0 Å². The minimum Gasteiger partial charge on any atom is -0.345 e. The van der Waals surface area contributed by atoms with Gasteiger partial charge >= 0.3 is 0 Å². The highest BCUT2D eigenvalue weighted by Crippen LogP contribution is 2.45. The van der Waals surface area contributed by atoms with Crippen LogP contribution in [0.4, 0.5) is 5.13 Å². The van der Waals surface area contributed by atoms with Gasteiger partial charge in [0.25, 0.3) is 0 Å². The molecule has 2 unspecified atom stereocenters. The molecule has 1 aliphatic heterocycles. The van der Waals surface area contributed by atoms with Crippen molar-refractivity contribution in [3.63, 3.8) is 0 Å². The highest BCUT2D eigenvalue weighted by atomic mass is 32.1. The largest absolute Gasteiger partial charge is 0.345 e. The summed E-state index contributed by atoms with van der Waals surface area (Å²) in [4.78, 5) is 9.02. The highest BCUT2D eigenvalue weighted by molar-refractivity contribution is 7.15. The van der Waals surface area contributed by atoms with E-state index in [0.29, 0.717) is 12.1 Å². The monoisotopic (exact) mass is 293 g/mol. The lowest BCUT2D eigenvalue weighted by Crippen LogP contribution is -2.26. The Balaban J connectivity index is 1.79. The molecule has 1 aromatic rings. The third-order valence-corrected chi connectivity index (χ3v) is 5.49. The van der Waals surface area contributed by atoms with Crippen LogP contribution in [-0.4, -0.2) is 23.6 Å². The van der Waals surface area contributed by atoms with E-state index in [1.54, 1.807) is 0 Å². The van der Waals surface area contributed by atoms with Crippen LogP contribution in [-0.2, 0) is 6.54 Å². The van der Waals surface area contributed by atoms with E-state index >= 15 is 0 Å². The standard InChI is InChI=1S/C16H27N3S/c1-10(2)17-8-14-15(13-5-6-13)18-16(20-14)19-9-11(3)7-12(19)4/h10-13,17H,5-9H2,1-4H3. The Kier molecular flexibility index (Phi) is 4.04. The number of nitrogens with one attached hydrogen (secondary N) is 1. The summed E-state index contributed by atoms with van der Waals surface area (Å²) in [5.41, 5.74) is 1.39. The number of hydrogen-bond donors (Lipinski definition) is 1. The van der Waals surface area contributed by atoms with Crippen molar-refractivity contribution in [2.45, 2.75) is 71.5 Å². The van der Waals surface area contributed by atoms with E-state index in [0.717, 1.165) is 18.4 Å².